The zero-order valence-corrected chi connectivity index (χ0v) is 13.0. The van der Waals surface area contributed by atoms with Crippen molar-refractivity contribution in [3.8, 4) is 5.75 Å². The highest BCUT2D eigenvalue weighted by molar-refractivity contribution is 7.22. The van der Waals surface area contributed by atoms with Gasteiger partial charge in [0.2, 0.25) is 0 Å². The normalized spacial score (nSPS) is 15.5. The van der Waals surface area contributed by atoms with Gasteiger partial charge in [-0.3, -0.25) is 0 Å². The van der Waals surface area contributed by atoms with Gasteiger partial charge in [0.05, 0.1) is 10.2 Å². The number of nitrogens with zero attached hydrogens (tertiary/aromatic N) is 3. The molecule has 4 nitrogen and oxygen atoms in total. The number of rotatable bonds is 2. The van der Waals surface area contributed by atoms with E-state index < -0.39 is 0 Å². The van der Waals surface area contributed by atoms with Gasteiger partial charge in [-0.05, 0) is 30.3 Å². The molecule has 5 heteroatoms. The summed E-state index contributed by atoms with van der Waals surface area (Å²) in [6, 6.07) is 15.9. The predicted molar refractivity (Wildman–Crippen MR) is 92.2 cm³/mol. The average molecular weight is 311 g/mol. The largest absolute Gasteiger partial charge is 0.508 e. The van der Waals surface area contributed by atoms with E-state index in [4.69, 9.17) is 4.98 Å². The van der Waals surface area contributed by atoms with Gasteiger partial charge in [0.25, 0.3) is 0 Å². The highest BCUT2D eigenvalue weighted by Crippen LogP contribution is 2.31. The Morgan fingerprint density at radius 1 is 0.909 bits per heavy atom. The Bertz CT molecular complexity index is 779. The van der Waals surface area contributed by atoms with Crippen LogP contribution in [0.4, 0.5) is 10.8 Å². The second-order valence-corrected chi connectivity index (χ2v) is 6.47. The fraction of sp³-hybridized carbons (Fsp3) is 0.235. The molecule has 0 saturated carbocycles. The molecular weight excluding hydrogens is 294 g/mol. The maximum Gasteiger partial charge on any atom is 0.186 e. The second-order valence-electron chi connectivity index (χ2n) is 5.46. The van der Waals surface area contributed by atoms with E-state index in [9.17, 15) is 5.11 Å². The Kier molecular flexibility index (Phi) is 3.35. The standard InChI is InChI=1S/C17H17N3OS/c21-14-6-7-15-16(12-14)22-17(18-15)20-10-8-19(9-11-20)13-4-2-1-3-5-13/h1-7,12,21H,8-11H2. The Balaban J connectivity index is 1.50. The van der Waals surface area contributed by atoms with Gasteiger partial charge in [0, 0.05) is 31.9 Å². The van der Waals surface area contributed by atoms with Crippen molar-refractivity contribution in [3.63, 3.8) is 0 Å². The van der Waals surface area contributed by atoms with Gasteiger partial charge in [-0.2, -0.15) is 0 Å². The number of para-hydroxylation sites is 1. The lowest BCUT2D eigenvalue weighted by Gasteiger charge is -2.35. The molecule has 1 fully saturated rings. The smallest absolute Gasteiger partial charge is 0.186 e. The van der Waals surface area contributed by atoms with E-state index in [1.807, 2.05) is 6.07 Å². The zero-order valence-electron chi connectivity index (χ0n) is 12.1. The minimum absolute atomic E-state index is 0.302. The summed E-state index contributed by atoms with van der Waals surface area (Å²) in [6.07, 6.45) is 0. The lowest BCUT2D eigenvalue weighted by molar-refractivity contribution is 0.476. The van der Waals surface area contributed by atoms with E-state index in [2.05, 4.69) is 40.1 Å². The van der Waals surface area contributed by atoms with E-state index in [0.29, 0.717) is 5.75 Å². The van der Waals surface area contributed by atoms with Crippen molar-refractivity contribution in [3.05, 3.63) is 48.5 Å². The maximum atomic E-state index is 9.57. The van der Waals surface area contributed by atoms with Crippen molar-refractivity contribution in [2.75, 3.05) is 36.0 Å². The van der Waals surface area contributed by atoms with Crippen LogP contribution in [0.2, 0.25) is 0 Å². The van der Waals surface area contributed by atoms with Gasteiger partial charge in [-0.15, -0.1) is 0 Å². The van der Waals surface area contributed by atoms with Crippen LogP contribution in [-0.2, 0) is 0 Å². The van der Waals surface area contributed by atoms with Crippen LogP contribution in [0.25, 0.3) is 10.2 Å². The highest BCUT2D eigenvalue weighted by Gasteiger charge is 2.20. The number of fused-ring (bicyclic) bond motifs is 1. The van der Waals surface area contributed by atoms with Crippen molar-refractivity contribution in [2.45, 2.75) is 0 Å². The Labute approximate surface area is 133 Å². The van der Waals surface area contributed by atoms with E-state index in [1.54, 1.807) is 23.5 Å². The van der Waals surface area contributed by atoms with Crippen LogP contribution in [0, 0.1) is 0 Å². The molecule has 1 saturated heterocycles. The first-order chi connectivity index (χ1) is 10.8. The molecule has 0 spiro atoms. The molecule has 1 N–H and O–H groups in total. The number of aromatic hydroxyl groups is 1. The Hall–Kier alpha value is -2.27. The number of hydrogen-bond donors (Lipinski definition) is 1. The van der Waals surface area contributed by atoms with E-state index >= 15 is 0 Å². The summed E-state index contributed by atoms with van der Waals surface area (Å²) in [5.74, 6) is 0.302. The maximum absolute atomic E-state index is 9.57. The van der Waals surface area contributed by atoms with Crippen LogP contribution >= 0.6 is 11.3 Å². The van der Waals surface area contributed by atoms with Gasteiger partial charge in [-0.25, -0.2) is 4.98 Å². The molecule has 22 heavy (non-hydrogen) atoms. The number of piperazine rings is 1. The minimum atomic E-state index is 0.302. The monoisotopic (exact) mass is 311 g/mol. The average Bonchev–Trinajstić information content (AvgIpc) is 2.99. The van der Waals surface area contributed by atoms with E-state index in [0.717, 1.165) is 41.5 Å². The molecule has 2 aromatic carbocycles. The van der Waals surface area contributed by atoms with Crippen molar-refractivity contribution in [2.24, 2.45) is 0 Å². The SMILES string of the molecule is Oc1ccc2nc(N3CCN(c4ccccc4)CC3)sc2c1. The van der Waals surface area contributed by atoms with Crippen LogP contribution in [0.5, 0.6) is 5.75 Å². The lowest BCUT2D eigenvalue weighted by Crippen LogP contribution is -2.46. The van der Waals surface area contributed by atoms with Crippen molar-refractivity contribution in [1.29, 1.82) is 0 Å². The molecule has 0 atom stereocenters. The molecule has 0 unspecified atom stereocenters. The van der Waals surface area contributed by atoms with E-state index in [-0.39, 0.29) is 0 Å². The summed E-state index contributed by atoms with van der Waals surface area (Å²) in [5, 5.41) is 10.6. The minimum Gasteiger partial charge on any atom is -0.508 e. The molecule has 0 radical (unpaired) electrons. The van der Waals surface area contributed by atoms with Crippen molar-refractivity contribution >= 4 is 32.4 Å². The lowest BCUT2D eigenvalue weighted by atomic mass is 10.2. The molecule has 4 rings (SSSR count). The second kappa shape index (κ2) is 5.50. The molecule has 0 amide bonds. The molecule has 1 aliphatic rings. The summed E-state index contributed by atoms with van der Waals surface area (Å²) >= 11 is 1.65. The molecular formula is C17H17N3OS. The molecule has 2 heterocycles. The first kappa shape index (κ1) is 13.4. The van der Waals surface area contributed by atoms with Crippen LogP contribution in [-0.4, -0.2) is 36.3 Å². The third-order valence-corrected chi connectivity index (χ3v) is 5.11. The van der Waals surface area contributed by atoms with Gasteiger partial charge < -0.3 is 14.9 Å². The van der Waals surface area contributed by atoms with Crippen molar-refractivity contribution < 1.29 is 5.11 Å². The molecule has 112 valence electrons. The summed E-state index contributed by atoms with van der Waals surface area (Å²) in [7, 11) is 0. The number of anilines is 2. The summed E-state index contributed by atoms with van der Waals surface area (Å²) in [5.41, 5.74) is 2.25. The van der Waals surface area contributed by atoms with Gasteiger partial charge in [-0.1, -0.05) is 29.5 Å². The predicted octanol–water partition coefficient (Wildman–Crippen LogP) is 3.33. The van der Waals surface area contributed by atoms with Crippen molar-refractivity contribution in [1.82, 2.24) is 4.98 Å². The number of benzene rings is 2. The van der Waals surface area contributed by atoms with Crippen LogP contribution in [0.1, 0.15) is 0 Å². The first-order valence-electron chi connectivity index (χ1n) is 7.44. The van der Waals surface area contributed by atoms with Gasteiger partial charge >= 0.3 is 0 Å². The third kappa shape index (κ3) is 2.48. The zero-order chi connectivity index (χ0) is 14.9. The van der Waals surface area contributed by atoms with E-state index in [1.165, 1.54) is 5.69 Å². The molecule has 1 aliphatic heterocycles. The van der Waals surface area contributed by atoms with Gasteiger partial charge in [0.15, 0.2) is 5.13 Å². The number of phenolic OH excluding ortho intramolecular Hbond substituents is 1. The number of aromatic nitrogens is 1. The number of hydrogen-bond acceptors (Lipinski definition) is 5. The molecule has 3 aromatic rings. The Morgan fingerprint density at radius 3 is 2.41 bits per heavy atom. The number of thiazole rings is 1. The number of phenols is 1. The third-order valence-electron chi connectivity index (χ3n) is 4.03. The quantitative estimate of drug-likeness (QED) is 0.788. The fourth-order valence-electron chi connectivity index (χ4n) is 2.83. The first-order valence-corrected chi connectivity index (χ1v) is 8.26. The summed E-state index contributed by atoms with van der Waals surface area (Å²) < 4.78 is 1.04. The Morgan fingerprint density at radius 2 is 1.64 bits per heavy atom. The van der Waals surface area contributed by atoms with Crippen LogP contribution in [0.15, 0.2) is 48.5 Å². The molecule has 0 bridgehead atoms. The molecule has 0 aliphatic carbocycles. The van der Waals surface area contributed by atoms with Crippen LogP contribution in [0.3, 0.4) is 0 Å². The fourth-order valence-corrected chi connectivity index (χ4v) is 3.88. The highest BCUT2D eigenvalue weighted by atomic mass is 32.1. The summed E-state index contributed by atoms with van der Waals surface area (Å²) in [4.78, 5) is 9.44. The van der Waals surface area contributed by atoms with Gasteiger partial charge in [0.1, 0.15) is 5.75 Å². The topological polar surface area (TPSA) is 39.6 Å². The molecule has 1 aromatic heterocycles. The summed E-state index contributed by atoms with van der Waals surface area (Å²) in [6.45, 7) is 3.96. The van der Waals surface area contributed by atoms with Crippen LogP contribution < -0.4 is 9.80 Å².